The number of aromatic hydroxyl groups is 1. The van der Waals surface area contributed by atoms with Crippen molar-refractivity contribution in [1.82, 2.24) is 4.57 Å². The molecule has 0 fully saturated rings. The first-order valence-corrected chi connectivity index (χ1v) is 7.73. The second-order valence-corrected chi connectivity index (χ2v) is 5.84. The molecule has 1 heterocycles. The minimum atomic E-state index is -4.83. The van der Waals surface area contributed by atoms with Gasteiger partial charge < -0.3 is 14.4 Å². The van der Waals surface area contributed by atoms with Crippen LogP contribution in [0.3, 0.4) is 0 Å². The molecule has 0 aliphatic carbocycles. The standard InChI is InChI=1S/C18H13F6NO2/c19-12-5-11-8-25(17(26)16(11)14(6-12)18(22,23)24)7-10-1-3-13(4-2-10)27-9-15(20)21/h1-6,8,15,26H,7,9H2. The molecule has 3 nitrogen and oxygen atoms in total. The first kappa shape index (κ1) is 18.9. The monoisotopic (exact) mass is 389 g/mol. The van der Waals surface area contributed by atoms with E-state index in [9.17, 15) is 31.4 Å². The summed E-state index contributed by atoms with van der Waals surface area (Å²) in [6.07, 6.45) is -6.23. The highest BCUT2D eigenvalue weighted by atomic mass is 19.4. The highest BCUT2D eigenvalue weighted by Crippen LogP contribution is 2.40. The predicted molar refractivity (Wildman–Crippen MR) is 85.6 cm³/mol. The molecule has 1 aromatic heterocycles. The zero-order valence-electron chi connectivity index (χ0n) is 13.6. The first-order valence-electron chi connectivity index (χ1n) is 7.73. The third-order valence-electron chi connectivity index (χ3n) is 3.88. The van der Waals surface area contributed by atoms with Gasteiger partial charge in [0.15, 0.2) is 5.88 Å². The van der Waals surface area contributed by atoms with Crippen LogP contribution in [0, 0.1) is 5.82 Å². The molecule has 0 saturated carbocycles. The second kappa shape index (κ2) is 7.05. The zero-order valence-corrected chi connectivity index (χ0v) is 13.6. The van der Waals surface area contributed by atoms with Crippen molar-refractivity contribution in [3.05, 3.63) is 59.5 Å². The van der Waals surface area contributed by atoms with Crippen LogP contribution in [0.4, 0.5) is 26.3 Å². The van der Waals surface area contributed by atoms with Crippen LogP contribution in [-0.4, -0.2) is 22.7 Å². The van der Waals surface area contributed by atoms with Gasteiger partial charge in [0.2, 0.25) is 0 Å². The molecule has 3 aromatic rings. The highest BCUT2D eigenvalue weighted by molar-refractivity contribution is 5.91. The number of ether oxygens (including phenoxy) is 1. The van der Waals surface area contributed by atoms with E-state index in [0.29, 0.717) is 11.6 Å². The number of benzene rings is 2. The number of nitrogens with zero attached hydrogens (tertiary/aromatic N) is 1. The summed E-state index contributed by atoms with van der Waals surface area (Å²) in [6, 6.07) is 7.15. The lowest BCUT2D eigenvalue weighted by Gasteiger charge is -2.10. The Kier molecular flexibility index (Phi) is 4.95. The third-order valence-corrected chi connectivity index (χ3v) is 3.88. The van der Waals surface area contributed by atoms with Gasteiger partial charge in [-0.3, -0.25) is 0 Å². The normalized spacial score (nSPS) is 12.1. The van der Waals surface area contributed by atoms with Crippen LogP contribution in [-0.2, 0) is 12.7 Å². The molecule has 1 N–H and O–H groups in total. The van der Waals surface area contributed by atoms with Crippen LogP contribution in [0.15, 0.2) is 42.6 Å². The molecule has 0 unspecified atom stereocenters. The van der Waals surface area contributed by atoms with Crippen molar-refractivity contribution in [2.45, 2.75) is 19.1 Å². The number of rotatable bonds is 5. The molecule has 0 saturated heterocycles. The molecule has 2 aromatic carbocycles. The quantitative estimate of drug-likeness (QED) is 0.609. The van der Waals surface area contributed by atoms with Crippen molar-refractivity contribution < 1.29 is 36.2 Å². The van der Waals surface area contributed by atoms with Crippen molar-refractivity contribution in [2.24, 2.45) is 0 Å². The fourth-order valence-corrected chi connectivity index (χ4v) is 2.74. The van der Waals surface area contributed by atoms with Crippen molar-refractivity contribution in [3.8, 4) is 11.6 Å². The molecular formula is C18H13F6NO2. The Bertz CT molecular complexity index is 947. The van der Waals surface area contributed by atoms with E-state index in [1.165, 1.54) is 30.5 Å². The summed E-state index contributed by atoms with van der Waals surface area (Å²) in [4.78, 5) is 0. The van der Waals surface area contributed by atoms with Gasteiger partial charge in [0.1, 0.15) is 18.2 Å². The first-order chi connectivity index (χ1) is 12.6. The summed E-state index contributed by atoms with van der Waals surface area (Å²) in [5, 5.41) is 9.65. The molecule has 0 amide bonds. The van der Waals surface area contributed by atoms with Crippen LogP contribution >= 0.6 is 0 Å². The summed E-state index contributed by atoms with van der Waals surface area (Å²) in [5.41, 5.74) is -0.687. The molecule has 0 bridgehead atoms. The van der Waals surface area contributed by atoms with E-state index in [2.05, 4.69) is 0 Å². The predicted octanol–water partition coefficient (Wildman–Crippen LogP) is 5.20. The molecule has 0 aliphatic heterocycles. The van der Waals surface area contributed by atoms with Crippen LogP contribution in [0.1, 0.15) is 11.1 Å². The summed E-state index contributed by atoms with van der Waals surface area (Å²) in [6.45, 7) is -0.760. The third kappa shape index (κ3) is 4.12. The lowest BCUT2D eigenvalue weighted by Crippen LogP contribution is -2.07. The van der Waals surface area contributed by atoms with E-state index in [1.54, 1.807) is 0 Å². The van der Waals surface area contributed by atoms with Gasteiger partial charge in [-0.1, -0.05) is 12.1 Å². The molecule has 0 spiro atoms. The Morgan fingerprint density at radius 1 is 1.07 bits per heavy atom. The van der Waals surface area contributed by atoms with Gasteiger partial charge in [0.05, 0.1) is 17.5 Å². The molecule has 144 valence electrons. The molecule has 3 rings (SSSR count). The number of alkyl halides is 5. The van der Waals surface area contributed by atoms with Gasteiger partial charge in [-0.25, -0.2) is 13.2 Å². The Morgan fingerprint density at radius 2 is 1.74 bits per heavy atom. The average molecular weight is 389 g/mol. The Balaban J connectivity index is 1.91. The van der Waals surface area contributed by atoms with Gasteiger partial charge in [0.25, 0.3) is 6.43 Å². The van der Waals surface area contributed by atoms with Gasteiger partial charge in [-0.05, 0) is 29.8 Å². The fourth-order valence-electron chi connectivity index (χ4n) is 2.74. The van der Waals surface area contributed by atoms with Gasteiger partial charge >= 0.3 is 6.18 Å². The lowest BCUT2D eigenvalue weighted by atomic mass is 10.1. The van der Waals surface area contributed by atoms with Crippen LogP contribution in [0.25, 0.3) is 10.8 Å². The summed E-state index contributed by atoms with van der Waals surface area (Å²) in [7, 11) is 0. The van der Waals surface area contributed by atoms with Crippen LogP contribution in [0.5, 0.6) is 11.6 Å². The summed E-state index contributed by atoms with van der Waals surface area (Å²) >= 11 is 0. The SMILES string of the molecule is Oc1c2c(C(F)(F)F)cc(F)cc2cn1Cc1ccc(OCC(F)F)cc1. The smallest absolute Gasteiger partial charge is 0.417 e. The topological polar surface area (TPSA) is 34.4 Å². The van der Waals surface area contributed by atoms with Gasteiger partial charge in [-0.2, -0.15) is 13.2 Å². The average Bonchev–Trinajstić information content (AvgIpc) is 2.88. The fraction of sp³-hybridized carbons (Fsp3) is 0.222. The van der Waals surface area contributed by atoms with E-state index in [4.69, 9.17) is 4.74 Å². The molecular weight excluding hydrogens is 376 g/mol. The summed E-state index contributed by atoms with van der Waals surface area (Å²) in [5.74, 6) is -1.50. The van der Waals surface area contributed by atoms with Gasteiger partial charge in [-0.15, -0.1) is 0 Å². The van der Waals surface area contributed by atoms with E-state index in [-0.39, 0.29) is 17.7 Å². The van der Waals surface area contributed by atoms with E-state index in [1.807, 2.05) is 0 Å². The Labute approximate surface area is 149 Å². The maximum Gasteiger partial charge on any atom is 0.417 e. The largest absolute Gasteiger partial charge is 0.494 e. The van der Waals surface area contributed by atoms with Crippen molar-refractivity contribution >= 4 is 10.8 Å². The highest BCUT2D eigenvalue weighted by Gasteiger charge is 2.35. The van der Waals surface area contributed by atoms with Crippen LogP contribution in [0.2, 0.25) is 0 Å². The molecule has 0 aliphatic rings. The maximum absolute atomic E-state index is 13.5. The molecule has 27 heavy (non-hydrogen) atoms. The Morgan fingerprint density at radius 3 is 2.33 bits per heavy atom. The van der Waals surface area contributed by atoms with E-state index >= 15 is 0 Å². The number of fused-ring (bicyclic) bond motifs is 1. The number of halogens is 6. The molecule has 9 heteroatoms. The van der Waals surface area contributed by atoms with Gasteiger partial charge in [0, 0.05) is 11.6 Å². The number of hydrogen-bond donors (Lipinski definition) is 1. The van der Waals surface area contributed by atoms with E-state index in [0.717, 1.165) is 10.6 Å². The zero-order chi connectivity index (χ0) is 19.8. The van der Waals surface area contributed by atoms with Crippen LogP contribution < -0.4 is 4.74 Å². The number of aromatic nitrogens is 1. The number of hydrogen-bond acceptors (Lipinski definition) is 2. The van der Waals surface area contributed by atoms with E-state index < -0.39 is 41.9 Å². The Hall–Kier alpha value is -2.84. The van der Waals surface area contributed by atoms with Crippen molar-refractivity contribution in [2.75, 3.05) is 6.61 Å². The van der Waals surface area contributed by atoms with Crippen molar-refractivity contribution in [1.29, 1.82) is 0 Å². The minimum absolute atomic E-state index is 0.00540. The maximum atomic E-state index is 13.5. The lowest BCUT2D eigenvalue weighted by molar-refractivity contribution is -0.136. The minimum Gasteiger partial charge on any atom is -0.494 e. The second-order valence-electron chi connectivity index (χ2n) is 5.84. The van der Waals surface area contributed by atoms with Crippen molar-refractivity contribution in [3.63, 3.8) is 0 Å². The summed E-state index contributed by atoms with van der Waals surface area (Å²) < 4.78 is 83.1. The molecule has 0 radical (unpaired) electrons. The molecule has 0 atom stereocenters.